The van der Waals surface area contributed by atoms with E-state index in [1.165, 1.54) is 48.5 Å². The number of aliphatic carboxylic acids is 1. The lowest BCUT2D eigenvalue weighted by Crippen LogP contribution is -2.66. The van der Waals surface area contributed by atoms with Crippen LogP contribution in [0.1, 0.15) is 32.1 Å². The number of amides is 1. The standard InChI is InChI=1S/C22H25FN2O7S/c23-15-4-6-16(7-5-15)32-17-8-10-18(11-9-17)33(30,31)19-3-1-2-13-22(19,21(28)25-29)24-14-12-20(26)27/h4-11,19,24,29H,1-3,12-14H2,(H,25,28)(H,26,27). The number of hydrogen-bond donors (Lipinski definition) is 4. The van der Waals surface area contributed by atoms with E-state index in [2.05, 4.69) is 5.32 Å². The molecule has 0 aliphatic heterocycles. The first-order valence-corrected chi connectivity index (χ1v) is 11.9. The first-order valence-electron chi connectivity index (χ1n) is 10.4. The molecule has 1 saturated carbocycles. The van der Waals surface area contributed by atoms with Crippen LogP contribution in [0.3, 0.4) is 0 Å². The van der Waals surface area contributed by atoms with E-state index in [0.717, 1.165) is 0 Å². The third-order valence-electron chi connectivity index (χ3n) is 5.70. The van der Waals surface area contributed by atoms with Crippen molar-refractivity contribution in [3.8, 4) is 11.5 Å². The van der Waals surface area contributed by atoms with E-state index < -0.39 is 38.3 Å². The summed E-state index contributed by atoms with van der Waals surface area (Å²) in [6.45, 7) is -0.140. The fourth-order valence-electron chi connectivity index (χ4n) is 4.10. The fraction of sp³-hybridized carbons (Fsp3) is 0.364. The Morgan fingerprint density at radius 3 is 2.24 bits per heavy atom. The molecule has 0 spiro atoms. The van der Waals surface area contributed by atoms with Crippen molar-refractivity contribution < 1.29 is 37.4 Å². The summed E-state index contributed by atoms with van der Waals surface area (Å²) in [5.41, 5.74) is -0.128. The second kappa shape index (κ2) is 10.3. The molecular weight excluding hydrogens is 455 g/mol. The molecule has 0 bridgehead atoms. The third kappa shape index (κ3) is 5.49. The number of hydrogen-bond acceptors (Lipinski definition) is 7. The summed E-state index contributed by atoms with van der Waals surface area (Å²) in [5.74, 6) is -1.72. The van der Waals surface area contributed by atoms with E-state index in [1.807, 2.05) is 0 Å². The zero-order valence-electron chi connectivity index (χ0n) is 17.7. The van der Waals surface area contributed by atoms with Crippen LogP contribution in [0.5, 0.6) is 11.5 Å². The van der Waals surface area contributed by atoms with E-state index >= 15 is 0 Å². The number of ether oxygens (including phenoxy) is 1. The molecule has 2 aromatic carbocycles. The average Bonchev–Trinajstić information content (AvgIpc) is 2.80. The zero-order valence-corrected chi connectivity index (χ0v) is 18.5. The van der Waals surface area contributed by atoms with Crippen molar-refractivity contribution >= 4 is 21.7 Å². The minimum atomic E-state index is -4.06. The maximum atomic E-state index is 13.5. The van der Waals surface area contributed by atoms with Crippen molar-refractivity contribution in [1.29, 1.82) is 0 Å². The van der Waals surface area contributed by atoms with Crippen molar-refractivity contribution in [2.75, 3.05) is 6.54 Å². The van der Waals surface area contributed by atoms with Crippen molar-refractivity contribution in [3.05, 3.63) is 54.3 Å². The van der Waals surface area contributed by atoms with Gasteiger partial charge in [0.1, 0.15) is 22.9 Å². The molecule has 2 unspecified atom stereocenters. The van der Waals surface area contributed by atoms with Crippen LogP contribution in [0.4, 0.5) is 4.39 Å². The van der Waals surface area contributed by atoms with E-state index in [1.54, 1.807) is 5.48 Å². The highest BCUT2D eigenvalue weighted by molar-refractivity contribution is 7.92. The molecule has 2 atom stereocenters. The molecule has 4 N–H and O–H groups in total. The van der Waals surface area contributed by atoms with Crippen molar-refractivity contribution in [3.63, 3.8) is 0 Å². The molecule has 1 aliphatic carbocycles. The van der Waals surface area contributed by atoms with Crippen LogP contribution in [0.25, 0.3) is 0 Å². The molecule has 2 aromatic rings. The molecule has 0 heterocycles. The highest BCUT2D eigenvalue weighted by atomic mass is 32.2. The molecular formula is C22H25FN2O7S. The predicted molar refractivity (Wildman–Crippen MR) is 115 cm³/mol. The van der Waals surface area contributed by atoms with Gasteiger partial charge in [-0.05, 0) is 61.4 Å². The maximum Gasteiger partial charge on any atom is 0.304 e. The summed E-state index contributed by atoms with van der Waals surface area (Å²) < 4.78 is 45.7. The minimum absolute atomic E-state index is 0.0454. The van der Waals surface area contributed by atoms with E-state index in [-0.39, 0.29) is 30.7 Å². The van der Waals surface area contributed by atoms with Crippen LogP contribution >= 0.6 is 0 Å². The van der Waals surface area contributed by atoms with Gasteiger partial charge in [-0.2, -0.15) is 0 Å². The SMILES string of the molecule is O=C(O)CCNC1(C(=O)NO)CCCCC1S(=O)(=O)c1ccc(Oc2ccc(F)cc2)cc1. The molecule has 1 fully saturated rings. The van der Waals surface area contributed by atoms with Crippen LogP contribution < -0.4 is 15.5 Å². The summed E-state index contributed by atoms with van der Waals surface area (Å²) in [7, 11) is -4.06. The van der Waals surface area contributed by atoms with Gasteiger partial charge in [0.25, 0.3) is 5.91 Å². The van der Waals surface area contributed by atoms with E-state index in [4.69, 9.17) is 9.84 Å². The van der Waals surface area contributed by atoms with Gasteiger partial charge in [0, 0.05) is 6.54 Å². The number of hydroxylamine groups is 1. The van der Waals surface area contributed by atoms with Gasteiger partial charge in [0.15, 0.2) is 9.84 Å². The number of nitrogens with one attached hydrogen (secondary N) is 2. The van der Waals surface area contributed by atoms with Crippen LogP contribution in [0, 0.1) is 5.82 Å². The molecule has 33 heavy (non-hydrogen) atoms. The summed E-state index contributed by atoms with van der Waals surface area (Å²) in [5, 5.41) is 19.8. The van der Waals surface area contributed by atoms with Gasteiger partial charge in [-0.3, -0.25) is 14.8 Å². The Kier molecular flexibility index (Phi) is 7.67. The monoisotopic (exact) mass is 480 g/mol. The number of rotatable bonds is 9. The van der Waals surface area contributed by atoms with Gasteiger partial charge in [-0.15, -0.1) is 0 Å². The average molecular weight is 481 g/mol. The zero-order chi connectivity index (χ0) is 24.1. The number of sulfone groups is 1. The molecule has 3 rings (SSSR count). The number of carbonyl (C=O) groups excluding carboxylic acids is 1. The second-order valence-electron chi connectivity index (χ2n) is 7.79. The van der Waals surface area contributed by atoms with Gasteiger partial charge >= 0.3 is 5.97 Å². The minimum Gasteiger partial charge on any atom is -0.481 e. The van der Waals surface area contributed by atoms with Crippen molar-refractivity contribution in [2.24, 2.45) is 0 Å². The number of carboxylic acid groups (broad SMARTS) is 1. The molecule has 0 saturated heterocycles. The molecule has 0 aromatic heterocycles. The van der Waals surface area contributed by atoms with Gasteiger partial charge in [-0.25, -0.2) is 18.3 Å². The quantitative estimate of drug-likeness (QED) is 0.317. The lowest BCUT2D eigenvalue weighted by Gasteiger charge is -2.42. The Morgan fingerprint density at radius 1 is 1.06 bits per heavy atom. The molecule has 178 valence electrons. The second-order valence-corrected chi connectivity index (χ2v) is 9.92. The van der Waals surface area contributed by atoms with Crippen LogP contribution in [-0.4, -0.2) is 47.9 Å². The molecule has 1 amide bonds. The maximum absolute atomic E-state index is 13.5. The molecule has 0 radical (unpaired) electrons. The normalized spacial score (nSPS) is 20.7. The topological polar surface area (TPSA) is 142 Å². The first kappa shape index (κ1) is 24.6. The lowest BCUT2D eigenvalue weighted by atomic mass is 9.80. The summed E-state index contributed by atoms with van der Waals surface area (Å²) >= 11 is 0. The Bertz CT molecular complexity index is 1090. The first-order chi connectivity index (χ1) is 15.7. The number of halogens is 1. The van der Waals surface area contributed by atoms with Crippen LogP contribution in [-0.2, 0) is 19.4 Å². The molecule has 1 aliphatic rings. The summed E-state index contributed by atoms with van der Waals surface area (Å²) in [6, 6.07) is 10.9. The number of carboxylic acids is 1. The van der Waals surface area contributed by atoms with Crippen LogP contribution in [0.15, 0.2) is 53.4 Å². The summed E-state index contributed by atoms with van der Waals surface area (Å²) in [4.78, 5) is 23.5. The van der Waals surface area contributed by atoms with Gasteiger partial charge in [-0.1, -0.05) is 12.8 Å². The Hall–Kier alpha value is -3.02. The number of benzene rings is 2. The Labute approximate surface area is 190 Å². The van der Waals surface area contributed by atoms with E-state index in [0.29, 0.717) is 24.3 Å². The molecule has 9 nitrogen and oxygen atoms in total. The Balaban J connectivity index is 1.88. The summed E-state index contributed by atoms with van der Waals surface area (Å²) in [6.07, 6.45) is 1.04. The predicted octanol–water partition coefficient (Wildman–Crippen LogP) is 2.64. The van der Waals surface area contributed by atoms with E-state index in [9.17, 15) is 27.6 Å². The third-order valence-corrected chi connectivity index (χ3v) is 8.02. The van der Waals surface area contributed by atoms with Gasteiger partial charge < -0.3 is 15.2 Å². The highest BCUT2D eigenvalue weighted by Crippen LogP contribution is 2.37. The number of carbonyl (C=O) groups is 2. The van der Waals surface area contributed by atoms with Gasteiger partial charge in [0.05, 0.1) is 16.6 Å². The Morgan fingerprint density at radius 2 is 1.67 bits per heavy atom. The smallest absolute Gasteiger partial charge is 0.304 e. The van der Waals surface area contributed by atoms with Gasteiger partial charge in [0.2, 0.25) is 0 Å². The largest absolute Gasteiger partial charge is 0.481 e. The highest BCUT2D eigenvalue weighted by Gasteiger charge is 2.53. The van der Waals surface area contributed by atoms with Crippen LogP contribution in [0.2, 0.25) is 0 Å². The van der Waals surface area contributed by atoms with Crippen molar-refractivity contribution in [2.45, 2.75) is 47.8 Å². The molecule has 11 heteroatoms. The lowest BCUT2D eigenvalue weighted by molar-refractivity contribution is -0.139. The van der Waals surface area contributed by atoms with Crippen molar-refractivity contribution in [1.82, 2.24) is 10.8 Å². The fourth-order valence-corrected chi connectivity index (χ4v) is 6.25.